The number of amides is 2. The highest BCUT2D eigenvalue weighted by atomic mass is 19.3. The number of hydrogen-bond donors (Lipinski definition) is 1. The number of benzene rings is 1. The number of aromatic nitrogens is 2. The molecule has 7 nitrogen and oxygen atoms in total. The SMILES string of the molecule is CCn1ncc(NC(=O)c2cccc(COCC(F)(F)C(F)F)c2)c1C(=O)N(C)C. The van der Waals surface area contributed by atoms with Gasteiger partial charge >= 0.3 is 12.3 Å². The van der Waals surface area contributed by atoms with Gasteiger partial charge in [0.1, 0.15) is 12.3 Å². The first-order valence-electron chi connectivity index (χ1n) is 8.98. The predicted molar refractivity (Wildman–Crippen MR) is 101 cm³/mol. The summed E-state index contributed by atoms with van der Waals surface area (Å²) in [6, 6.07) is 5.87. The number of aryl methyl sites for hydroxylation is 1. The summed E-state index contributed by atoms with van der Waals surface area (Å²) >= 11 is 0. The second kappa shape index (κ2) is 9.70. The Morgan fingerprint density at radius 3 is 2.60 bits per heavy atom. The molecule has 30 heavy (non-hydrogen) atoms. The molecule has 2 amide bonds. The van der Waals surface area contributed by atoms with E-state index in [1.54, 1.807) is 21.0 Å². The van der Waals surface area contributed by atoms with E-state index in [0.29, 0.717) is 12.1 Å². The summed E-state index contributed by atoms with van der Waals surface area (Å²) in [6.45, 7) is 0.405. The van der Waals surface area contributed by atoms with E-state index < -0.39 is 24.9 Å². The maximum Gasteiger partial charge on any atom is 0.330 e. The Hall–Kier alpha value is -2.95. The second-order valence-corrected chi connectivity index (χ2v) is 6.63. The fourth-order valence-corrected chi connectivity index (χ4v) is 2.52. The zero-order valence-electron chi connectivity index (χ0n) is 16.7. The molecule has 0 saturated heterocycles. The zero-order valence-corrected chi connectivity index (χ0v) is 16.7. The van der Waals surface area contributed by atoms with Crippen molar-refractivity contribution in [2.45, 2.75) is 32.4 Å². The molecule has 2 aromatic rings. The van der Waals surface area contributed by atoms with Gasteiger partial charge in [0.25, 0.3) is 11.8 Å². The summed E-state index contributed by atoms with van der Waals surface area (Å²) < 4.78 is 56.3. The number of nitrogens with one attached hydrogen (secondary N) is 1. The van der Waals surface area contributed by atoms with Gasteiger partial charge < -0.3 is 15.0 Å². The first kappa shape index (κ1) is 23.3. The van der Waals surface area contributed by atoms with Crippen molar-refractivity contribution in [1.82, 2.24) is 14.7 Å². The number of hydrogen-bond acceptors (Lipinski definition) is 4. The third kappa shape index (κ3) is 5.56. The van der Waals surface area contributed by atoms with E-state index >= 15 is 0 Å². The van der Waals surface area contributed by atoms with Crippen LogP contribution in [-0.2, 0) is 17.9 Å². The molecule has 1 heterocycles. The predicted octanol–water partition coefficient (Wildman–Crippen LogP) is 3.27. The lowest BCUT2D eigenvalue weighted by Crippen LogP contribution is -2.32. The van der Waals surface area contributed by atoms with Crippen LogP contribution in [0.4, 0.5) is 23.2 Å². The van der Waals surface area contributed by atoms with Crippen LogP contribution >= 0.6 is 0 Å². The lowest BCUT2D eigenvalue weighted by atomic mass is 10.1. The van der Waals surface area contributed by atoms with Crippen molar-refractivity contribution < 1.29 is 31.9 Å². The first-order chi connectivity index (χ1) is 14.1. The Morgan fingerprint density at radius 1 is 1.30 bits per heavy atom. The summed E-state index contributed by atoms with van der Waals surface area (Å²) in [5.41, 5.74) is 0.953. The molecular weight excluding hydrogens is 408 g/mol. The summed E-state index contributed by atoms with van der Waals surface area (Å²) in [5, 5.41) is 6.69. The van der Waals surface area contributed by atoms with Gasteiger partial charge in [0, 0.05) is 26.2 Å². The maximum absolute atomic E-state index is 12.9. The summed E-state index contributed by atoms with van der Waals surface area (Å²) in [4.78, 5) is 26.4. The normalized spacial score (nSPS) is 11.6. The quantitative estimate of drug-likeness (QED) is 0.620. The summed E-state index contributed by atoms with van der Waals surface area (Å²) in [7, 11) is 3.14. The van der Waals surface area contributed by atoms with Crippen molar-refractivity contribution in [3.05, 3.63) is 47.3 Å². The molecular formula is C19H22F4N4O3. The van der Waals surface area contributed by atoms with E-state index in [4.69, 9.17) is 0 Å². The Labute approximate surface area is 170 Å². The highest BCUT2D eigenvalue weighted by molar-refractivity contribution is 6.08. The highest BCUT2D eigenvalue weighted by Gasteiger charge is 2.40. The number of ether oxygens (including phenoxy) is 1. The highest BCUT2D eigenvalue weighted by Crippen LogP contribution is 2.23. The van der Waals surface area contributed by atoms with E-state index in [1.807, 2.05) is 0 Å². The molecule has 164 valence electrons. The minimum atomic E-state index is -4.25. The van der Waals surface area contributed by atoms with E-state index in [1.165, 1.54) is 40.0 Å². The van der Waals surface area contributed by atoms with Gasteiger partial charge in [-0.15, -0.1) is 0 Å². The van der Waals surface area contributed by atoms with Crippen LogP contribution in [0.2, 0.25) is 0 Å². The average Bonchev–Trinajstić information content (AvgIpc) is 3.09. The van der Waals surface area contributed by atoms with Crippen LogP contribution in [0.5, 0.6) is 0 Å². The van der Waals surface area contributed by atoms with Crippen LogP contribution in [0.1, 0.15) is 33.3 Å². The van der Waals surface area contributed by atoms with Crippen LogP contribution in [0.25, 0.3) is 0 Å². The molecule has 0 bridgehead atoms. The maximum atomic E-state index is 12.9. The molecule has 11 heteroatoms. The van der Waals surface area contributed by atoms with E-state index in [2.05, 4.69) is 15.2 Å². The molecule has 0 fully saturated rings. The lowest BCUT2D eigenvalue weighted by molar-refractivity contribution is -0.168. The van der Waals surface area contributed by atoms with Gasteiger partial charge in [0.2, 0.25) is 0 Å². The average molecular weight is 430 g/mol. The van der Waals surface area contributed by atoms with Crippen LogP contribution in [0.15, 0.2) is 30.5 Å². The lowest BCUT2D eigenvalue weighted by Gasteiger charge is -2.15. The number of rotatable bonds is 9. The Kier molecular flexibility index (Phi) is 7.54. The second-order valence-electron chi connectivity index (χ2n) is 6.63. The van der Waals surface area contributed by atoms with E-state index in [-0.39, 0.29) is 29.5 Å². The minimum absolute atomic E-state index is 0.171. The molecule has 0 saturated carbocycles. The van der Waals surface area contributed by atoms with Gasteiger partial charge in [-0.3, -0.25) is 14.3 Å². The number of carbonyl (C=O) groups excluding carboxylic acids is 2. The Balaban J connectivity index is 2.11. The number of carbonyl (C=O) groups is 2. The van der Waals surface area contributed by atoms with E-state index in [9.17, 15) is 27.2 Å². The van der Waals surface area contributed by atoms with Crippen LogP contribution in [0.3, 0.4) is 0 Å². The standard InChI is InChI=1S/C19H22F4N4O3/c1-4-27-15(17(29)26(2)3)14(9-24-27)25-16(28)13-7-5-6-12(8-13)10-30-11-19(22,23)18(20)21/h5-9,18H,4,10-11H2,1-3H3,(H,25,28). The molecule has 1 aromatic heterocycles. The molecule has 1 N–H and O–H groups in total. The van der Waals surface area contributed by atoms with Gasteiger partial charge in [0.05, 0.1) is 18.5 Å². The molecule has 2 rings (SSSR count). The molecule has 0 atom stereocenters. The number of halogens is 4. The third-order valence-electron chi connectivity index (χ3n) is 4.07. The molecule has 0 spiro atoms. The summed E-state index contributed by atoms with van der Waals surface area (Å²) in [5.74, 6) is -5.14. The van der Waals surface area contributed by atoms with Crippen LogP contribution < -0.4 is 5.32 Å². The Bertz CT molecular complexity index is 900. The third-order valence-corrected chi connectivity index (χ3v) is 4.07. The fourth-order valence-electron chi connectivity index (χ4n) is 2.52. The van der Waals surface area contributed by atoms with Crippen molar-refractivity contribution in [2.75, 3.05) is 26.0 Å². The van der Waals surface area contributed by atoms with Crippen molar-refractivity contribution in [1.29, 1.82) is 0 Å². The van der Waals surface area contributed by atoms with Crippen LogP contribution in [0, 0.1) is 0 Å². The number of alkyl halides is 4. The molecule has 0 aliphatic rings. The molecule has 0 unspecified atom stereocenters. The van der Waals surface area contributed by atoms with E-state index in [0.717, 1.165) is 0 Å². The van der Waals surface area contributed by atoms with Gasteiger partial charge in [-0.2, -0.15) is 13.9 Å². The number of anilines is 1. The monoisotopic (exact) mass is 430 g/mol. The van der Waals surface area contributed by atoms with Gasteiger partial charge in [-0.1, -0.05) is 12.1 Å². The summed E-state index contributed by atoms with van der Waals surface area (Å²) in [6.07, 6.45) is -2.46. The topological polar surface area (TPSA) is 76.5 Å². The fraction of sp³-hybridized carbons (Fsp3) is 0.421. The molecule has 0 aliphatic heterocycles. The van der Waals surface area contributed by atoms with Crippen molar-refractivity contribution in [2.24, 2.45) is 0 Å². The van der Waals surface area contributed by atoms with Crippen molar-refractivity contribution in [3.63, 3.8) is 0 Å². The molecule has 0 aliphatic carbocycles. The van der Waals surface area contributed by atoms with Crippen molar-refractivity contribution in [3.8, 4) is 0 Å². The van der Waals surface area contributed by atoms with Gasteiger partial charge in [-0.25, -0.2) is 8.78 Å². The first-order valence-corrected chi connectivity index (χ1v) is 8.98. The minimum Gasteiger partial charge on any atom is -0.370 e. The van der Waals surface area contributed by atoms with Crippen molar-refractivity contribution >= 4 is 17.5 Å². The number of nitrogens with zero attached hydrogens (tertiary/aromatic N) is 3. The van der Waals surface area contributed by atoms with Crippen LogP contribution in [-0.4, -0.2) is 59.5 Å². The largest absolute Gasteiger partial charge is 0.370 e. The molecule has 1 aromatic carbocycles. The smallest absolute Gasteiger partial charge is 0.330 e. The van der Waals surface area contributed by atoms with Gasteiger partial charge in [-0.05, 0) is 24.6 Å². The molecule has 0 radical (unpaired) electrons. The Morgan fingerprint density at radius 2 is 2.00 bits per heavy atom. The van der Waals surface area contributed by atoms with Gasteiger partial charge in [0.15, 0.2) is 0 Å². The zero-order chi connectivity index (χ0) is 22.5.